The predicted octanol–water partition coefficient (Wildman–Crippen LogP) is 3.03. The Bertz CT molecular complexity index is 532. The van der Waals surface area contributed by atoms with Crippen molar-refractivity contribution in [3.05, 3.63) is 23.9 Å². The van der Waals surface area contributed by atoms with Crippen molar-refractivity contribution in [2.75, 3.05) is 33.3 Å². The van der Waals surface area contributed by atoms with Crippen LogP contribution < -0.4 is 15.4 Å². The van der Waals surface area contributed by atoms with Gasteiger partial charge in [0.05, 0.1) is 6.61 Å². The van der Waals surface area contributed by atoms with Gasteiger partial charge in [-0.2, -0.15) is 0 Å². The second-order valence-electron chi connectivity index (χ2n) is 6.50. The maximum Gasteiger partial charge on any atom is 0.218 e. The zero-order valence-electron chi connectivity index (χ0n) is 16.3. The minimum Gasteiger partial charge on any atom is -0.477 e. The lowest BCUT2D eigenvalue weighted by Gasteiger charge is -2.32. The van der Waals surface area contributed by atoms with Gasteiger partial charge >= 0.3 is 0 Å². The fraction of sp³-hybridized carbons (Fsp3) is 0.684. The molecule has 0 aromatic carbocycles. The number of hydrogen-bond acceptors (Lipinski definition) is 4. The number of rotatable bonds is 8. The lowest BCUT2D eigenvalue weighted by Crippen LogP contribution is -2.48. The standard InChI is InChI=1S/C19H33N5O.HI/c1-4-11-24-12-8-17(9-13-24)23-19(20-3)22-15-16-7-6-10-21-18(16)25-14-5-2;/h6-7,10,17H,4-5,8-9,11-15H2,1-3H3,(H2,20,22,23);1H. The average molecular weight is 475 g/mol. The molecule has 0 saturated carbocycles. The largest absolute Gasteiger partial charge is 0.477 e. The van der Waals surface area contributed by atoms with E-state index in [9.17, 15) is 0 Å². The van der Waals surface area contributed by atoms with Gasteiger partial charge in [-0.1, -0.05) is 19.9 Å². The quantitative estimate of drug-likeness (QED) is 0.344. The first kappa shape index (κ1) is 23.0. The maximum absolute atomic E-state index is 5.72. The van der Waals surface area contributed by atoms with E-state index in [-0.39, 0.29) is 24.0 Å². The fourth-order valence-electron chi connectivity index (χ4n) is 3.07. The van der Waals surface area contributed by atoms with Crippen molar-refractivity contribution >= 4 is 29.9 Å². The molecule has 2 rings (SSSR count). The van der Waals surface area contributed by atoms with Crippen molar-refractivity contribution < 1.29 is 4.74 Å². The molecule has 0 amide bonds. The Morgan fingerprint density at radius 1 is 1.31 bits per heavy atom. The van der Waals surface area contributed by atoms with Crippen LogP contribution in [0.2, 0.25) is 0 Å². The summed E-state index contributed by atoms with van der Waals surface area (Å²) < 4.78 is 5.72. The van der Waals surface area contributed by atoms with Crippen molar-refractivity contribution in [1.29, 1.82) is 0 Å². The zero-order chi connectivity index (χ0) is 17.9. The number of likely N-dealkylation sites (tertiary alicyclic amines) is 1. The van der Waals surface area contributed by atoms with E-state index in [4.69, 9.17) is 4.74 Å². The van der Waals surface area contributed by atoms with Crippen LogP contribution in [0.4, 0.5) is 0 Å². The average Bonchev–Trinajstić information content (AvgIpc) is 2.65. The maximum atomic E-state index is 5.72. The second kappa shape index (κ2) is 13.1. The smallest absolute Gasteiger partial charge is 0.218 e. The molecule has 1 aliphatic heterocycles. The van der Waals surface area contributed by atoms with E-state index in [2.05, 4.69) is 39.4 Å². The molecule has 1 aromatic rings. The molecule has 7 heteroatoms. The Balaban J connectivity index is 0.00000338. The summed E-state index contributed by atoms with van der Waals surface area (Å²) >= 11 is 0. The van der Waals surface area contributed by atoms with Crippen LogP contribution in [0.1, 0.15) is 45.1 Å². The van der Waals surface area contributed by atoms with Gasteiger partial charge in [-0.3, -0.25) is 4.99 Å². The topological polar surface area (TPSA) is 61.8 Å². The number of halogens is 1. The van der Waals surface area contributed by atoms with Gasteiger partial charge in [-0.05, 0) is 38.3 Å². The van der Waals surface area contributed by atoms with Crippen LogP contribution in [0.25, 0.3) is 0 Å². The molecule has 0 atom stereocenters. The normalized spacial score (nSPS) is 16.0. The molecule has 0 spiro atoms. The molecule has 1 aromatic heterocycles. The number of nitrogens with one attached hydrogen (secondary N) is 2. The van der Waals surface area contributed by atoms with Crippen LogP contribution >= 0.6 is 24.0 Å². The molecule has 6 nitrogen and oxygen atoms in total. The number of aliphatic imine (C=N–C) groups is 1. The molecule has 2 heterocycles. The molecule has 0 aliphatic carbocycles. The summed E-state index contributed by atoms with van der Waals surface area (Å²) in [6.45, 7) is 9.22. The Kier molecular flexibility index (Phi) is 11.6. The second-order valence-corrected chi connectivity index (χ2v) is 6.50. The first-order valence-corrected chi connectivity index (χ1v) is 9.53. The van der Waals surface area contributed by atoms with Crippen molar-refractivity contribution in [3.8, 4) is 5.88 Å². The zero-order valence-corrected chi connectivity index (χ0v) is 18.7. The summed E-state index contributed by atoms with van der Waals surface area (Å²) in [6.07, 6.45) is 6.31. The number of ether oxygens (including phenoxy) is 1. The highest BCUT2D eigenvalue weighted by Crippen LogP contribution is 2.14. The molecule has 0 bridgehead atoms. The molecule has 1 aliphatic rings. The summed E-state index contributed by atoms with van der Waals surface area (Å²) in [5.41, 5.74) is 1.05. The van der Waals surface area contributed by atoms with Gasteiger partial charge in [0, 0.05) is 44.5 Å². The van der Waals surface area contributed by atoms with Gasteiger partial charge in [0.2, 0.25) is 5.88 Å². The predicted molar refractivity (Wildman–Crippen MR) is 119 cm³/mol. The van der Waals surface area contributed by atoms with Crippen LogP contribution in [0, 0.1) is 0 Å². The molecule has 148 valence electrons. The highest BCUT2D eigenvalue weighted by molar-refractivity contribution is 14.0. The number of guanidine groups is 1. The minimum atomic E-state index is 0. The summed E-state index contributed by atoms with van der Waals surface area (Å²) in [6, 6.07) is 4.47. The monoisotopic (exact) mass is 475 g/mol. The van der Waals surface area contributed by atoms with E-state index in [0.29, 0.717) is 25.1 Å². The Morgan fingerprint density at radius 3 is 2.73 bits per heavy atom. The number of aromatic nitrogens is 1. The van der Waals surface area contributed by atoms with Crippen molar-refractivity contribution in [3.63, 3.8) is 0 Å². The van der Waals surface area contributed by atoms with Gasteiger partial charge in [0.25, 0.3) is 0 Å². The SMILES string of the molecule is CCCOc1ncccc1CNC(=NC)NC1CCN(CCC)CC1.I. The van der Waals surface area contributed by atoms with Gasteiger partial charge in [0.1, 0.15) is 0 Å². The highest BCUT2D eigenvalue weighted by atomic mass is 127. The summed E-state index contributed by atoms with van der Waals surface area (Å²) in [4.78, 5) is 11.2. The van der Waals surface area contributed by atoms with Crippen LogP contribution in [-0.4, -0.2) is 55.2 Å². The number of hydrogen-bond donors (Lipinski definition) is 2. The molecule has 1 fully saturated rings. The van der Waals surface area contributed by atoms with Crippen LogP contribution in [0.3, 0.4) is 0 Å². The van der Waals surface area contributed by atoms with E-state index in [1.54, 1.807) is 6.20 Å². The van der Waals surface area contributed by atoms with Gasteiger partial charge in [-0.25, -0.2) is 4.98 Å². The van der Waals surface area contributed by atoms with Crippen LogP contribution in [-0.2, 0) is 6.54 Å². The summed E-state index contributed by atoms with van der Waals surface area (Å²) in [5, 5.41) is 6.94. The van der Waals surface area contributed by atoms with Gasteiger partial charge < -0.3 is 20.3 Å². The molecule has 0 unspecified atom stereocenters. The number of piperidine rings is 1. The molecular weight excluding hydrogens is 441 g/mol. The first-order valence-electron chi connectivity index (χ1n) is 9.53. The van der Waals surface area contributed by atoms with E-state index < -0.39 is 0 Å². The highest BCUT2D eigenvalue weighted by Gasteiger charge is 2.19. The van der Waals surface area contributed by atoms with E-state index >= 15 is 0 Å². The van der Waals surface area contributed by atoms with E-state index in [0.717, 1.165) is 17.9 Å². The summed E-state index contributed by atoms with van der Waals surface area (Å²) in [5.74, 6) is 1.56. The van der Waals surface area contributed by atoms with Crippen molar-refractivity contribution in [2.24, 2.45) is 4.99 Å². The third-order valence-corrected chi connectivity index (χ3v) is 4.43. The van der Waals surface area contributed by atoms with Crippen LogP contribution in [0.15, 0.2) is 23.3 Å². The van der Waals surface area contributed by atoms with Crippen molar-refractivity contribution in [2.45, 2.75) is 52.1 Å². The Hall–Kier alpha value is -1.09. The Labute approximate surface area is 175 Å². The number of pyridine rings is 1. The Morgan fingerprint density at radius 2 is 2.08 bits per heavy atom. The molecule has 2 N–H and O–H groups in total. The van der Waals surface area contributed by atoms with Crippen LogP contribution in [0.5, 0.6) is 5.88 Å². The number of nitrogens with zero attached hydrogens (tertiary/aromatic N) is 3. The third-order valence-electron chi connectivity index (χ3n) is 4.43. The lowest BCUT2D eigenvalue weighted by atomic mass is 10.1. The minimum absolute atomic E-state index is 0. The molecular formula is C19H34IN5O. The first-order chi connectivity index (χ1) is 12.3. The van der Waals surface area contributed by atoms with E-state index in [1.165, 1.54) is 38.9 Å². The molecule has 1 saturated heterocycles. The lowest BCUT2D eigenvalue weighted by molar-refractivity contribution is 0.206. The van der Waals surface area contributed by atoms with Crippen molar-refractivity contribution in [1.82, 2.24) is 20.5 Å². The van der Waals surface area contributed by atoms with Gasteiger partial charge in [0.15, 0.2) is 5.96 Å². The summed E-state index contributed by atoms with van der Waals surface area (Å²) in [7, 11) is 1.82. The van der Waals surface area contributed by atoms with E-state index in [1.807, 2.05) is 19.2 Å². The third kappa shape index (κ3) is 7.65. The molecule has 0 radical (unpaired) electrons. The molecule has 26 heavy (non-hydrogen) atoms. The van der Waals surface area contributed by atoms with Gasteiger partial charge in [-0.15, -0.1) is 24.0 Å². The fourth-order valence-corrected chi connectivity index (χ4v) is 3.07.